The SMILES string of the molecule is CCN(CC(=O)NCc1ccc(F)cc1)C(=O)[C@H]1CSCN1. The minimum atomic E-state index is -0.306. The molecule has 1 aliphatic heterocycles. The Morgan fingerprint density at radius 1 is 1.41 bits per heavy atom. The van der Waals surface area contributed by atoms with Gasteiger partial charge in [0.25, 0.3) is 0 Å². The first-order chi connectivity index (χ1) is 10.6. The molecule has 0 saturated carbocycles. The zero-order chi connectivity index (χ0) is 15.9. The molecule has 1 heterocycles. The number of likely N-dealkylation sites (N-methyl/N-ethyl adjacent to an activating group) is 1. The van der Waals surface area contributed by atoms with Crippen molar-refractivity contribution in [1.29, 1.82) is 0 Å². The highest BCUT2D eigenvalue weighted by molar-refractivity contribution is 7.99. The fraction of sp³-hybridized carbons (Fsp3) is 0.467. The minimum absolute atomic E-state index is 0.0376. The molecule has 1 aromatic carbocycles. The van der Waals surface area contributed by atoms with E-state index >= 15 is 0 Å². The number of nitrogens with zero attached hydrogens (tertiary/aromatic N) is 1. The molecule has 0 spiro atoms. The average Bonchev–Trinajstić information content (AvgIpc) is 3.06. The average molecular weight is 325 g/mol. The number of carbonyl (C=O) groups excluding carboxylic acids is 2. The molecule has 1 aromatic rings. The molecular weight excluding hydrogens is 305 g/mol. The van der Waals surface area contributed by atoms with Crippen molar-refractivity contribution in [3.05, 3.63) is 35.6 Å². The van der Waals surface area contributed by atoms with E-state index in [0.29, 0.717) is 13.1 Å². The summed E-state index contributed by atoms with van der Waals surface area (Å²) in [5, 5.41) is 5.86. The van der Waals surface area contributed by atoms with Crippen LogP contribution in [0.2, 0.25) is 0 Å². The highest BCUT2D eigenvalue weighted by Crippen LogP contribution is 2.11. The van der Waals surface area contributed by atoms with Crippen molar-refractivity contribution in [2.45, 2.75) is 19.5 Å². The zero-order valence-corrected chi connectivity index (χ0v) is 13.3. The van der Waals surface area contributed by atoms with Gasteiger partial charge in [0.05, 0.1) is 12.6 Å². The van der Waals surface area contributed by atoms with Gasteiger partial charge >= 0.3 is 0 Å². The van der Waals surface area contributed by atoms with Crippen LogP contribution >= 0.6 is 11.8 Å². The van der Waals surface area contributed by atoms with Gasteiger partial charge in [-0.1, -0.05) is 12.1 Å². The van der Waals surface area contributed by atoms with Crippen LogP contribution in [0.25, 0.3) is 0 Å². The lowest BCUT2D eigenvalue weighted by Crippen LogP contribution is -2.48. The molecule has 2 amide bonds. The highest BCUT2D eigenvalue weighted by atomic mass is 32.2. The van der Waals surface area contributed by atoms with E-state index in [1.165, 1.54) is 12.1 Å². The third-order valence-corrected chi connectivity index (χ3v) is 4.39. The van der Waals surface area contributed by atoms with Crippen molar-refractivity contribution in [2.24, 2.45) is 0 Å². The van der Waals surface area contributed by atoms with E-state index in [9.17, 15) is 14.0 Å². The van der Waals surface area contributed by atoms with Crippen LogP contribution in [0.4, 0.5) is 4.39 Å². The smallest absolute Gasteiger partial charge is 0.241 e. The fourth-order valence-corrected chi connectivity index (χ4v) is 3.08. The third-order valence-electron chi connectivity index (χ3n) is 3.45. The van der Waals surface area contributed by atoms with Crippen LogP contribution in [-0.2, 0) is 16.1 Å². The summed E-state index contributed by atoms with van der Waals surface area (Å²) in [6.07, 6.45) is 0. The second kappa shape index (κ2) is 8.14. The Morgan fingerprint density at radius 3 is 2.73 bits per heavy atom. The van der Waals surface area contributed by atoms with Gasteiger partial charge in [0.1, 0.15) is 5.82 Å². The van der Waals surface area contributed by atoms with E-state index in [4.69, 9.17) is 0 Å². The molecule has 2 rings (SSSR count). The maximum absolute atomic E-state index is 12.8. The van der Waals surface area contributed by atoms with Crippen LogP contribution in [0.1, 0.15) is 12.5 Å². The number of nitrogens with one attached hydrogen (secondary N) is 2. The van der Waals surface area contributed by atoms with Crippen molar-refractivity contribution >= 4 is 23.6 Å². The van der Waals surface area contributed by atoms with Crippen LogP contribution in [0.5, 0.6) is 0 Å². The topological polar surface area (TPSA) is 61.4 Å². The largest absolute Gasteiger partial charge is 0.350 e. The number of thioether (sulfide) groups is 1. The Labute approximate surface area is 133 Å². The van der Waals surface area contributed by atoms with Crippen molar-refractivity contribution in [3.63, 3.8) is 0 Å². The molecule has 0 aliphatic carbocycles. The van der Waals surface area contributed by atoms with Crippen molar-refractivity contribution in [2.75, 3.05) is 24.7 Å². The number of rotatable bonds is 6. The lowest BCUT2D eigenvalue weighted by atomic mass is 10.2. The Hall–Kier alpha value is -1.60. The Balaban J connectivity index is 1.81. The lowest BCUT2D eigenvalue weighted by molar-refractivity contribution is -0.137. The van der Waals surface area contributed by atoms with Crippen LogP contribution in [-0.4, -0.2) is 47.5 Å². The van der Waals surface area contributed by atoms with E-state index in [1.54, 1.807) is 28.8 Å². The Morgan fingerprint density at radius 2 is 2.14 bits per heavy atom. The normalized spacial score (nSPS) is 17.3. The van der Waals surface area contributed by atoms with Gasteiger partial charge in [-0.3, -0.25) is 14.9 Å². The maximum Gasteiger partial charge on any atom is 0.241 e. The predicted octanol–water partition coefficient (Wildman–Crippen LogP) is 0.953. The fourth-order valence-electron chi connectivity index (χ4n) is 2.15. The van der Waals surface area contributed by atoms with E-state index in [2.05, 4.69) is 10.6 Å². The number of benzene rings is 1. The molecule has 1 atom stereocenters. The summed E-state index contributed by atoms with van der Waals surface area (Å²) in [5.41, 5.74) is 0.818. The Kier molecular flexibility index (Phi) is 6.21. The van der Waals surface area contributed by atoms with E-state index in [-0.39, 0.29) is 30.2 Å². The van der Waals surface area contributed by atoms with Crippen LogP contribution in [0.15, 0.2) is 24.3 Å². The van der Waals surface area contributed by atoms with Crippen LogP contribution < -0.4 is 10.6 Å². The Bertz CT molecular complexity index is 518. The molecule has 1 saturated heterocycles. The molecule has 22 heavy (non-hydrogen) atoms. The highest BCUT2D eigenvalue weighted by Gasteiger charge is 2.27. The van der Waals surface area contributed by atoms with Gasteiger partial charge in [-0.2, -0.15) is 0 Å². The minimum Gasteiger partial charge on any atom is -0.350 e. The van der Waals surface area contributed by atoms with E-state index < -0.39 is 0 Å². The van der Waals surface area contributed by atoms with E-state index in [1.807, 2.05) is 6.92 Å². The molecule has 0 unspecified atom stereocenters. The molecule has 0 bridgehead atoms. The van der Waals surface area contributed by atoms with Crippen LogP contribution in [0.3, 0.4) is 0 Å². The molecule has 0 radical (unpaired) electrons. The summed E-state index contributed by atoms with van der Waals surface area (Å²) < 4.78 is 12.8. The summed E-state index contributed by atoms with van der Waals surface area (Å²) >= 11 is 1.68. The van der Waals surface area contributed by atoms with E-state index in [0.717, 1.165) is 17.2 Å². The first-order valence-electron chi connectivity index (χ1n) is 7.21. The van der Waals surface area contributed by atoms with Crippen LogP contribution in [0, 0.1) is 5.82 Å². The van der Waals surface area contributed by atoms with Gasteiger partial charge in [0.2, 0.25) is 11.8 Å². The molecule has 5 nitrogen and oxygen atoms in total. The summed E-state index contributed by atoms with van der Waals surface area (Å²) in [6.45, 7) is 2.71. The van der Waals surface area contributed by atoms with Gasteiger partial charge in [-0.25, -0.2) is 4.39 Å². The summed E-state index contributed by atoms with van der Waals surface area (Å²) in [7, 11) is 0. The maximum atomic E-state index is 12.8. The zero-order valence-electron chi connectivity index (χ0n) is 12.5. The second-order valence-electron chi connectivity index (χ2n) is 5.03. The molecule has 7 heteroatoms. The number of carbonyl (C=O) groups is 2. The monoisotopic (exact) mass is 325 g/mol. The van der Waals surface area contributed by atoms with Gasteiger partial charge < -0.3 is 10.2 Å². The van der Waals surface area contributed by atoms with Gasteiger partial charge in [-0.15, -0.1) is 11.8 Å². The quantitative estimate of drug-likeness (QED) is 0.818. The number of halogens is 1. The van der Waals surface area contributed by atoms with Crippen molar-refractivity contribution in [3.8, 4) is 0 Å². The van der Waals surface area contributed by atoms with Crippen molar-refractivity contribution < 1.29 is 14.0 Å². The number of hydrogen-bond donors (Lipinski definition) is 2. The molecule has 120 valence electrons. The third kappa shape index (κ3) is 4.71. The standard InChI is InChI=1S/C15H20FN3O2S/c1-2-19(15(21)13-9-22-10-18-13)8-14(20)17-7-11-3-5-12(16)6-4-11/h3-6,13,18H,2,7-10H2,1H3,(H,17,20)/t13-/m1/s1. The summed E-state index contributed by atoms with van der Waals surface area (Å²) in [4.78, 5) is 25.8. The first kappa shape index (κ1) is 16.8. The molecule has 1 aliphatic rings. The predicted molar refractivity (Wildman–Crippen MR) is 84.7 cm³/mol. The van der Waals surface area contributed by atoms with Crippen molar-refractivity contribution in [1.82, 2.24) is 15.5 Å². The first-order valence-corrected chi connectivity index (χ1v) is 8.36. The van der Waals surface area contributed by atoms with Gasteiger partial charge in [0, 0.05) is 24.7 Å². The number of hydrogen-bond acceptors (Lipinski definition) is 4. The van der Waals surface area contributed by atoms with Gasteiger partial charge in [0.15, 0.2) is 0 Å². The molecular formula is C15H20FN3O2S. The molecule has 2 N–H and O–H groups in total. The molecule has 0 aromatic heterocycles. The molecule has 1 fully saturated rings. The number of amides is 2. The lowest BCUT2D eigenvalue weighted by Gasteiger charge is -2.23. The summed E-state index contributed by atoms with van der Waals surface area (Å²) in [5.74, 6) is 0.950. The summed E-state index contributed by atoms with van der Waals surface area (Å²) in [6, 6.07) is 5.75. The second-order valence-corrected chi connectivity index (χ2v) is 6.06. The van der Waals surface area contributed by atoms with Gasteiger partial charge in [-0.05, 0) is 24.6 Å².